The van der Waals surface area contributed by atoms with Gasteiger partial charge in [-0.2, -0.15) is 0 Å². The second-order valence-corrected chi connectivity index (χ2v) is 2.43. The summed E-state index contributed by atoms with van der Waals surface area (Å²) in [5.41, 5.74) is 0.857. The molecule has 0 aliphatic rings. The van der Waals surface area contributed by atoms with Crippen LogP contribution in [-0.2, 0) is 0 Å². The van der Waals surface area contributed by atoms with Crippen LogP contribution in [0.2, 0.25) is 0 Å². The zero-order valence-electron chi connectivity index (χ0n) is 7.70. The first-order valence-corrected chi connectivity index (χ1v) is 3.71. The van der Waals surface area contributed by atoms with E-state index < -0.39 is 0 Å². The summed E-state index contributed by atoms with van der Waals surface area (Å²) in [7, 11) is 1.78. The second-order valence-electron chi connectivity index (χ2n) is 2.43. The summed E-state index contributed by atoms with van der Waals surface area (Å²) in [5.74, 6) is 0.602. The molecule has 0 aliphatic heterocycles. The molecule has 0 fully saturated rings. The molecule has 0 aliphatic carbocycles. The van der Waals surface area contributed by atoms with Crippen molar-refractivity contribution in [1.82, 2.24) is 9.97 Å². The summed E-state index contributed by atoms with van der Waals surface area (Å²) in [6.45, 7) is 0. The summed E-state index contributed by atoms with van der Waals surface area (Å²) in [4.78, 5) is 8.29. The van der Waals surface area contributed by atoms with Gasteiger partial charge in [0.1, 0.15) is 0 Å². The maximum atomic E-state index is 7.40. The Bertz CT molecular complexity index is 442. The van der Waals surface area contributed by atoms with Gasteiger partial charge in [-0.3, -0.25) is 0 Å². The normalized spacial score (nSPS) is 11.2. The maximum Gasteiger partial charge on any atom is 0.222 e. The average Bonchev–Trinajstić information content (AvgIpc) is 2.17. The van der Waals surface area contributed by atoms with E-state index in [-0.39, 0.29) is 0 Å². The lowest BCUT2D eigenvalue weighted by Crippen LogP contribution is -1.95. The first-order valence-electron chi connectivity index (χ1n) is 4.21. The van der Waals surface area contributed by atoms with E-state index in [9.17, 15) is 0 Å². The van der Waals surface area contributed by atoms with Crippen LogP contribution in [0.4, 0.5) is 5.95 Å². The number of nitrogens with zero attached hydrogens (tertiary/aromatic N) is 2. The van der Waals surface area contributed by atoms with Gasteiger partial charge in [-0.1, -0.05) is 18.2 Å². The molecule has 12 heavy (non-hydrogen) atoms. The molecule has 0 unspecified atom stereocenters. The van der Waals surface area contributed by atoms with Gasteiger partial charge in [0, 0.05) is 18.6 Å². The van der Waals surface area contributed by atoms with E-state index in [1.54, 1.807) is 25.4 Å². The molecule has 3 nitrogen and oxygen atoms in total. The molecule has 2 aromatic rings. The molecule has 1 aromatic carbocycles. The van der Waals surface area contributed by atoms with Crippen molar-refractivity contribution in [1.29, 1.82) is 0 Å². The first kappa shape index (κ1) is 5.94. The summed E-state index contributed by atoms with van der Waals surface area (Å²) in [6, 6.07) is 5.76. The highest BCUT2D eigenvalue weighted by Crippen LogP contribution is 2.10. The SMILES string of the molecule is [2H]c1ccc2nc(NC)ncc2c1. The number of aromatic nitrogens is 2. The van der Waals surface area contributed by atoms with Gasteiger partial charge in [-0.15, -0.1) is 0 Å². The monoisotopic (exact) mass is 160 g/mol. The van der Waals surface area contributed by atoms with E-state index >= 15 is 0 Å². The summed E-state index contributed by atoms with van der Waals surface area (Å²) < 4.78 is 7.40. The fourth-order valence-electron chi connectivity index (χ4n) is 1.03. The molecule has 0 amide bonds. The molecule has 3 heteroatoms. The number of nitrogens with one attached hydrogen (secondary N) is 1. The lowest BCUT2D eigenvalue weighted by atomic mass is 10.2. The van der Waals surface area contributed by atoms with Crippen LogP contribution in [0, 0.1) is 0 Å². The predicted octanol–water partition coefficient (Wildman–Crippen LogP) is 1.67. The van der Waals surface area contributed by atoms with Crippen LogP contribution in [0.15, 0.2) is 30.4 Å². The van der Waals surface area contributed by atoms with Gasteiger partial charge < -0.3 is 5.32 Å². The van der Waals surface area contributed by atoms with Gasteiger partial charge in [0.05, 0.1) is 6.89 Å². The average molecular weight is 160 g/mol. The molecular weight excluding hydrogens is 150 g/mol. The van der Waals surface area contributed by atoms with Gasteiger partial charge in [0.25, 0.3) is 0 Å². The van der Waals surface area contributed by atoms with Gasteiger partial charge in [0.2, 0.25) is 5.95 Å². The minimum atomic E-state index is 0.480. The van der Waals surface area contributed by atoms with Crippen molar-refractivity contribution in [3.63, 3.8) is 0 Å². The summed E-state index contributed by atoms with van der Waals surface area (Å²) in [6.07, 6.45) is 1.71. The number of fused-ring (bicyclic) bond motifs is 1. The van der Waals surface area contributed by atoms with Crippen LogP contribution in [0.1, 0.15) is 1.37 Å². The zero-order chi connectivity index (χ0) is 9.26. The van der Waals surface area contributed by atoms with Gasteiger partial charge in [0.15, 0.2) is 0 Å². The second kappa shape index (κ2) is 2.77. The topological polar surface area (TPSA) is 37.8 Å². The predicted molar refractivity (Wildman–Crippen MR) is 49.1 cm³/mol. The van der Waals surface area contributed by atoms with E-state index in [0.717, 1.165) is 10.9 Å². The number of hydrogen-bond donors (Lipinski definition) is 1. The van der Waals surface area contributed by atoms with E-state index in [4.69, 9.17) is 1.37 Å². The van der Waals surface area contributed by atoms with Crippen molar-refractivity contribution in [2.45, 2.75) is 0 Å². The van der Waals surface area contributed by atoms with Crippen molar-refractivity contribution in [3.05, 3.63) is 30.4 Å². The Labute approximate surface area is 71.9 Å². The standard InChI is InChI=1S/C9H9N3/c1-10-9-11-6-7-4-2-3-5-8(7)12-9/h2-6H,1H3,(H,10,11,12)/i2D. The smallest absolute Gasteiger partial charge is 0.222 e. The van der Waals surface area contributed by atoms with Crippen LogP contribution >= 0.6 is 0 Å². The minimum Gasteiger partial charge on any atom is -0.357 e. The highest BCUT2D eigenvalue weighted by molar-refractivity contribution is 5.78. The Morgan fingerprint density at radius 2 is 2.42 bits per heavy atom. The zero-order valence-corrected chi connectivity index (χ0v) is 6.70. The van der Waals surface area contributed by atoms with Gasteiger partial charge >= 0.3 is 0 Å². The molecule has 0 saturated heterocycles. The third kappa shape index (κ3) is 1.09. The third-order valence-corrected chi connectivity index (χ3v) is 1.65. The van der Waals surface area contributed by atoms with E-state index in [1.165, 1.54) is 0 Å². The molecule has 0 bridgehead atoms. The number of hydrogen-bond acceptors (Lipinski definition) is 3. The van der Waals surface area contributed by atoms with Crippen molar-refractivity contribution in [3.8, 4) is 0 Å². The quantitative estimate of drug-likeness (QED) is 0.689. The van der Waals surface area contributed by atoms with Crippen LogP contribution in [0.3, 0.4) is 0 Å². The Balaban J connectivity index is 2.66. The largest absolute Gasteiger partial charge is 0.357 e. The molecular formula is C9H9N3. The Kier molecular flexibility index (Phi) is 1.37. The van der Waals surface area contributed by atoms with E-state index in [0.29, 0.717) is 12.0 Å². The van der Waals surface area contributed by atoms with Gasteiger partial charge in [-0.25, -0.2) is 9.97 Å². The van der Waals surface area contributed by atoms with Gasteiger partial charge in [-0.05, 0) is 6.07 Å². The molecule has 0 saturated carbocycles. The highest BCUT2D eigenvalue weighted by Gasteiger charge is 1.94. The van der Waals surface area contributed by atoms with E-state index in [2.05, 4.69) is 15.3 Å². The minimum absolute atomic E-state index is 0.480. The molecule has 0 spiro atoms. The number of anilines is 1. The Morgan fingerprint density at radius 3 is 3.25 bits per heavy atom. The van der Waals surface area contributed by atoms with Crippen molar-refractivity contribution in [2.75, 3.05) is 12.4 Å². The molecule has 60 valence electrons. The Morgan fingerprint density at radius 1 is 1.50 bits per heavy atom. The third-order valence-electron chi connectivity index (χ3n) is 1.65. The molecule has 1 aromatic heterocycles. The fraction of sp³-hybridized carbons (Fsp3) is 0.111. The fourth-order valence-corrected chi connectivity index (χ4v) is 1.03. The van der Waals surface area contributed by atoms with Crippen LogP contribution in [-0.4, -0.2) is 17.0 Å². The summed E-state index contributed by atoms with van der Waals surface area (Å²) in [5, 5.41) is 3.76. The first-order chi connectivity index (χ1) is 6.29. The van der Waals surface area contributed by atoms with Crippen LogP contribution in [0.5, 0.6) is 0 Å². The van der Waals surface area contributed by atoms with Crippen LogP contribution in [0.25, 0.3) is 10.9 Å². The summed E-state index contributed by atoms with van der Waals surface area (Å²) >= 11 is 0. The number of para-hydroxylation sites is 1. The number of benzene rings is 1. The molecule has 0 radical (unpaired) electrons. The van der Waals surface area contributed by atoms with Crippen LogP contribution < -0.4 is 5.32 Å². The Hall–Kier alpha value is -1.64. The van der Waals surface area contributed by atoms with Crippen molar-refractivity contribution < 1.29 is 1.37 Å². The molecule has 0 atom stereocenters. The maximum absolute atomic E-state index is 7.40. The highest BCUT2D eigenvalue weighted by atomic mass is 15.1. The molecule has 1 heterocycles. The molecule has 2 rings (SSSR count). The number of rotatable bonds is 1. The molecule has 1 N–H and O–H groups in total. The van der Waals surface area contributed by atoms with E-state index in [1.807, 2.05) is 6.07 Å². The lowest BCUT2D eigenvalue weighted by molar-refractivity contribution is 1.19. The lowest BCUT2D eigenvalue weighted by Gasteiger charge is -1.99. The van der Waals surface area contributed by atoms with Crippen molar-refractivity contribution in [2.24, 2.45) is 0 Å². The van der Waals surface area contributed by atoms with Crippen molar-refractivity contribution >= 4 is 16.9 Å².